The number of sulfone groups is 1. The molecule has 0 spiro atoms. The average molecular weight is 293 g/mol. The van der Waals surface area contributed by atoms with Gasteiger partial charge in [0.15, 0.2) is 9.84 Å². The molecule has 0 amide bonds. The van der Waals surface area contributed by atoms with Gasteiger partial charge in [0.25, 0.3) is 0 Å². The third-order valence-corrected chi connectivity index (χ3v) is 4.43. The third kappa shape index (κ3) is 4.10. The fourth-order valence-corrected chi connectivity index (χ4v) is 3.23. The van der Waals surface area contributed by atoms with E-state index in [1.165, 1.54) is 18.2 Å². The lowest BCUT2D eigenvalue weighted by Gasteiger charge is -2.14. The van der Waals surface area contributed by atoms with E-state index in [1.807, 2.05) is 0 Å². The number of aryl methyl sites for hydroxylation is 1. The highest BCUT2D eigenvalue weighted by molar-refractivity contribution is 7.90. The first-order valence-corrected chi connectivity index (χ1v) is 8.69. The molecule has 0 aliphatic heterocycles. The van der Waals surface area contributed by atoms with Crippen LogP contribution >= 0.6 is 7.75 Å². The summed E-state index contributed by atoms with van der Waals surface area (Å²) in [6, 6.07) is 4.22. The zero-order valence-electron chi connectivity index (χ0n) is 10.4. The van der Waals surface area contributed by atoms with Gasteiger partial charge in [0.1, 0.15) is 5.75 Å². The second-order valence-corrected chi connectivity index (χ2v) is 7.25. The van der Waals surface area contributed by atoms with Crippen molar-refractivity contribution in [2.45, 2.75) is 18.7 Å². The predicted molar refractivity (Wildman–Crippen MR) is 68.3 cm³/mol. The second-order valence-electron chi connectivity index (χ2n) is 3.75. The summed E-state index contributed by atoms with van der Waals surface area (Å²) >= 11 is 0. The van der Waals surface area contributed by atoms with Crippen LogP contribution in [0, 0.1) is 6.92 Å². The molecule has 0 aliphatic carbocycles. The van der Waals surface area contributed by atoms with E-state index in [-0.39, 0.29) is 17.3 Å². The number of rotatable bonds is 5. The molecule has 2 N–H and O–H groups in total. The topological polar surface area (TPSA) is 95.7 Å². The van der Waals surface area contributed by atoms with Crippen molar-refractivity contribution < 1.29 is 22.0 Å². The molecule has 0 bridgehead atoms. The lowest BCUT2D eigenvalue weighted by Crippen LogP contribution is -2.07. The molecule has 0 heterocycles. The van der Waals surface area contributed by atoms with Crippen molar-refractivity contribution in [3.63, 3.8) is 0 Å². The van der Waals surface area contributed by atoms with Gasteiger partial charge in [-0.25, -0.2) is 18.5 Å². The Balaban J connectivity index is 3.03. The van der Waals surface area contributed by atoms with E-state index < -0.39 is 17.6 Å². The average Bonchev–Trinajstić information content (AvgIpc) is 2.13. The summed E-state index contributed by atoms with van der Waals surface area (Å²) < 4.78 is 44.2. The standard InChI is InChI=1S/C10H16NO5PS/c1-4-15-17(11,12)16-9-5-6-10(8(2)7-9)18(3,13)14/h5-7H,4H2,1-3H3,(H2,11,12). The molecule has 8 heteroatoms. The molecule has 1 aromatic carbocycles. The molecule has 6 nitrogen and oxygen atoms in total. The molecule has 0 saturated carbocycles. The number of nitrogens with two attached hydrogens (primary N) is 1. The highest BCUT2D eigenvalue weighted by Crippen LogP contribution is 2.40. The third-order valence-electron chi connectivity index (χ3n) is 2.09. The Labute approximate surface area is 107 Å². The highest BCUT2D eigenvalue weighted by atomic mass is 32.2. The van der Waals surface area contributed by atoms with Crippen molar-refractivity contribution >= 4 is 17.6 Å². The van der Waals surface area contributed by atoms with Crippen LogP contribution in [0.3, 0.4) is 0 Å². The van der Waals surface area contributed by atoms with Crippen LogP contribution in [-0.2, 0) is 18.9 Å². The summed E-state index contributed by atoms with van der Waals surface area (Å²) in [5.41, 5.74) is 5.82. The summed E-state index contributed by atoms with van der Waals surface area (Å²) in [6.07, 6.45) is 1.11. The summed E-state index contributed by atoms with van der Waals surface area (Å²) in [5, 5.41) is 0. The second kappa shape index (κ2) is 5.40. The summed E-state index contributed by atoms with van der Waals surface area (Å²) in [4.78, 5) is 0.193. The van der Waals surface area contributed by atoms with E-state index in [1.54, 1.807) is 13.8 Å². The molecule has 102 valence electrons. The summed E-state index contributed by atoms with van der Waals surface area (Å²) in [5.74, 6) is 0.208. The smallest absolute Gasteiger partial charge is 0.413 e. The maximum absolute atomic E-state index is 11.6. The molecule has 0 radical (unpaired) electrons. The van der Waals surface area contributed by atoms with Crippen LogP contribution in [0.15, 0.2) is 23.1 Å². The fourth-order valence-electron chi connectivity index (χ4n) is 1.45. The van der Waals surface area contributed by atoms with Gasteiger partial charge in [0.05, 0.1) is 11.5 Å². The van der Waals surface area contributed by atoms with Crippen molar-refractivity contribution in [3.05, 3.63) is 23.8 Å². The molecule has 1 atom stereocenters. The van der Waals surface area contributed by atoms with Gasteiger partial charge in [-0.05, 0) is 37.6 Å². The van der Waals surface area contributed by atoms with Crippen molar-refractivity contribution in [2.24, 2.45) is 5.50 Å². The van der Waals surface area contributed by atoms with Gasteiger partial charge in [-0.2, -0.15) is 0 Å². The van der Waals surface area contributed by atoms with Crippen LogP contribution in [0.2, 0.25) is 0 Å². The first-order valence-electron chi connectivity index (χ1n) is 5.19. The van der Waals surface area contributed by atoms with E-state index in [4.69, 9.17) is 14.6 Å². The number of hydrogen-bond donors (Lipinski definition) is 1. The van der Waals surface area contributed by atoms with E-state index in [0.717, 1.165) is 6.26 Å². The van der Waals surface area contributed by atoms with Crippen LogP contribution in [0.25, 0.3) is 0 Å². The Hall–Kier alpha value is -0.880. The Morgan fingerprint density at radius 3 is 2.44 bits per heavy atom. The van der Waals surface area contributed by atoms with E-state index in [0.29, 0.717) is 5.56 Å². The molecule has 0 aromatic heterocycles. The first-order chi connectivity index (χ1) is 8.15. The summed E-state index contributed by atoms with van der Waals surface area (Å²) in [7, 11) is -6.93. The minimum Gasteiger partial charge on any atom is -0.413 e. The molecule has 18 heavy (non-hydrogen) atoms. The maximum Gasteiger partial charge on any atom is 0.456 e. The quantitative estimate of drug-likeness (QED) is 0.833. The van der Waals surface area contributed by atoms with Crippen molar-refractivity contribution in [1.82, 2.24) is 0 Å². The molecule has 0 fully saturated rings. The van der Waals surface area contributed by atoms with Crippen LogP contribution in [-0.4, -0.2) is 21.3 Å². The normalized spacial score (nSPS) is 15.1. The number of hydrogen-bond acceptors (Lipinski definition) is 5. The van der Waals surface area contributed by atoms with Crippen LogP contribution in [0.1, 0.15) is 12.5 Å². The van der Waals surface area contributed by atoms with Crippen LogP contribution in [0.4, 0.5) is 0 Å². The highest BCUT2D eigenvalue weighted by Gasteiger charge is 2.20. The van der Waals surface area contributed by atoms with Crippen molar-refractivity contribution in [1.29, 1.82) is 0 Å². The minimum atomic E-state index is -3.64. The molecular weight excluding hydrogens is 277 g/mol. The van der Waals surface area contributed by atoms with Gasteiger partial charge in [-0.3, -0.25) is 4.52 Å². The van der Waals surface area contributed by atoms with E-state index >= 15 is 0 Å². The summed E-state index contributed by atoms with van der Waals surface area (Å²) in [6.45, 7) is 3.42. The lowest BCUT2D eigenvalue weighted by atomic mass is 10.2. The Kier molecular flexibility index (Phi) is 4.55. The zero-order chi connectivity index (χ0) is 14.0. The minimum absolute atomic E-state index is 0.161. The van der Waals surface area contributed by atoms with Crippen molar-refractivity contribution in [3.8, 4) is 5.75 Å². The Bertz CT molecular complexity index is 584. The van der Waals surface area contributed by atoms with Gasteiger partial charge < -0.3 is 4.52 Å². The maximum atomic E-state index is 11.6. The molecule has 1 rings (SSSR count). The van der Waals surface area contributed by atoms with Crippen LogP contribution in [0.5, 0.6) is 5.75 Å². The zero-order valence-corrected chi connectivity index (χ0v) is 12.1. The molecule has 0 saturated heterocycles. The first kappa shape index (κ1) is 15.2. The Morgan fingerprint density at radius 1 is 1.39 bits per heavy atom. The largest absolute Gasteiger partial charge is 0.456 e. The molecule has 1 unspecified atom stereocenters. The number of benzene rings is 1. The van der Waals surface area contributed by atoms with Gasteiger partial charge in [-0.1, -0.05) is 0 Å². The van der Waals surface area contributed by atoms with Gasteiger partial charge in [0, 0.05) is 6.26 Å². The van der Waals surface area contributed by atoms with Crippen LogP contribution < -0.4 is 10.0 Å². The molecule has 0 aliphatic rings. The van der Waals surface area contributed by atoms with Crippen molar-refractivity contribution in [2.75, 3.05) is 12.9 Å². The predicted octanol–water partition coefficient (Wildman–Crippen LogP) is 1.88. The van der Waals surface area contributed by atoms with E-state index in [9.17, 15) is 13.0 Å². The lowest BCUT2D eigenvalue weighted by molar-refractivity contribution is 0.280. The van der Waals surface area contributed by atoms with Gasteiger partial charge in [-0.15, -0.1) is 0 Å². The molecular formula is C10H16NO5PS. The molecule has 1 aromatic rings. The van der Waals surface area contributed by atoms with Gasteiger partial charge in [0.2, 0.25) is 0 Å². The SMILES string of the molecule is CCOP(N)(=O)Oc1ccc(S(C)(=O)=O)c(C)c1. The van der Waals surface area contributed by atoms with Gasteiger partial charge >= 0.3 is 7.75 Å². The monoisotopic (exact) mass is 293 g/mol. The Morgan fingerprint density at radius 2 is 2.00 bits per heavy atom. The fraction of sp³-hybridized carbons (Fsp3) is 0.400. The van der Waals surface area contributed by atoms with E-state index in [2.05, 4.69) is 0 Å².